The first-order valence-corrected chi connectivity index (χ1v) is 9.60. The van der Waals surface area contributed by atoms with E-state index in [1.807, 2.05) is 22.6 Å². The third-order valence-electron chi connectivity index (χ3n) is 1.74. The third kappa shape index (κ3) is 7.77. The predicted molar refractivity (Wildman–Crippen MR) is 76.2 cm³/mol. The molecule has 0 atom stereocenters. The number of hydrogen-bond acceptors (Lipinski definition) is 7. The summed E-state index contributed by atoms with van der Waals surface area (Å²) < 4.78 is 53.5. The number of aromatic nitrogens is 1. The van der Waals surface area contributed by atoms with Gasteiger partial charge in [0.1, 0.15) is 13.2 Å². The van der Waals surface area contributed by atoms with Gasteiger partial charge in [-0.2, -0.15) is 16.8 Å². The van der Waals surface area contributed by atoms with E-state index < -0.39 is 20.2 Å². The fourth-order valence-corrected chi connectivity index (χ4v) is 2.48. The zero-order chi connectivity index (χ0) is 14.7. The molecule has 10 heteroatoms. The van der Waals surface area contributed by atoms with Gasteiger partial charge in [0.25, 0.3) is 20.2 Å². The van der Waals surface area contributed by atoms with Crippen molar-refractivity contribution in [3.05, 3.63) is 27.1 Å². The van der Waals surface area contributed by atoms with Crippen LogP contribution >= 0.6 is 22.6 Å². The van der Waals surface area contributed by atoms with Gasteiger partial charge in [-0.3, -0.25) is 13.4 Å². The number of halogens is 1. The minimum atomic E-state index is -3.55. The second kappa shape index (κ2) is 6.43. The minimum Gasteiger partial charge on any atom is -0.264 e. The fourth-order valence-electron chi connectivity index (χ4n) is 1.09. The van der Waals surface area contributed by atoms with Gasteiger partial charge in [0, 0.05) is 3.57 Å². The Morgan fingerprint density at radius 3 is 1.68 bits per heavy atom. The molecule has 0 saturated carbocycles. The summed E-state index contributed by atoms with van der Waals surface area (Å²) in [5.41, 5.74) is 0.758. The summed E-state index contributed by atoms with van der Waals surface area (Å²) >= 11 is 2.00. The van der Waals surface area contributed by atoms with Crippen molar-refractivity contribution in [2.45, 2.75) is 13.2 Å². The number of rotatable bonds is 6. The topological polar surface area (TPSA) is 99.6 Å². The molecule has 0 aromatic carbocycles. The summed E-state index contributed by atoms with van der Waals surface area (Å²) in [6.07, 6.45) is 1.88. The van der Waals surface area contributed by atoms with Crippen LogP contribution in [0.4, 0.5) is 0 Å². The Hall–Kier alpha value is -0.300. The summed E-state index contributed by atoms with van der Waals surface area (Å²) in [7, 11) is -7.11. The minimum absolute atomic E-state index is 0.207. The summed E-state index contributed by atoms with van der Waals surface area (Å²) in [4.78, 5) is 4.06. The molecule has 19 heavy (non-hydrogen) atoms. The molecule has 0 spiro atoms. The van der Waals surface area contributed by atoms with Gasteiger partial charge < -0.3 is 0 Å². The lowest BCUT2D eigenvalue weighted by Gasteiger charge is -2.06. The lowest BCUT2D eigenvalue weighted by atomic mass is 10.3. The molecule has 7 nitrogen and oxygen atoms in total. The molecular formula is C9H12INO6S2. The summed E-state index contributed by atoms with van der Waals surface area (Å²) in [6, 6.07) is 3.27. The zero-order valence-corrected chi connectivity index (χ0v) is 14.0. The molecule has 0 bridgehead atoms. The third-order valence-corrected chi connectivity index (χ3v) is 3.45. The Morgan fingerprint density at radius 1 is 1.00 bits per heavy atom. The number of hydrogen-bond donors (Lipinski definition) is 0. The van der Waals surface area contributed by atoms with E-state index in [2.05, 4.69) is 13.4 Å². The SMILES string of the molecule is CS(=O)(=O)OCc1cc(I)cc(COS(C)(=O)=O)n1. The lowest BCUT2D eigenvalue weighted by Crippen LogP contribution is -2.08. The first kappa shape index (κ1) is 16.8. The molecule has 1 aromatic heterocycles. The Labute approximate surface area is 125 Å². The van der Waals surface area contributed by atoms with Crippen LogP contribution in [0.2, 0.25) is 0 Å². The highest BCUT2D eigenvalue weighted by Crippen LogP contribution is 2.12. The maximum atomic E-state index is 10.9. The van der Waals surface area contributed by atoms with Crippen molar-refractivity contribution in [2.24, 2.45) is 0 Å². The van der Waals surface area contributed by atoms with E-state index in [-0.39, 0.29) is 13.2 Å². The highest BCUT2D eigenvalue weighted by Gasteiger charge is 2.08. The van der Waals surface area contributed by atoms with Crippen LogP contribution in [-0.2, 0) is 41.8 Å². The molecule has 1 rings (SSSR count). The maximum absolute atomic E-state index is 10.9. The van der Waals surface area contributed by atoms with E-state index in [0.717, 1.165) is 16.1 Å². The molecule has 0 unspecified atom stereocenters. The fraction of sp³-hybridized carbons (Fsp3) is 0.444. The van der Waals surface area contributed by atoms with E-state index in [1.54, 1.807) is 12.1 Å². The van der Waals surface area contributed by atoms with Gasteiger partial charge in [-0.05, 0) is 34.7 Å². The monoisotopic (exact) mass is 421 g/mol. The first-order chi connectivity index (χ1) is 8.55. The van der Waals surface area contributed by atoms with Crippen molar-refractivity contribution in [1.29, 1.82) is 0 Å². The Balaban J connectivity index is 2.82. The van der Waals surface area contributed by atoms with Gasteiger partial charge >= 0.3 is 0 Å². The van der Waals surface area contributed by atoms with E-state index in [9.17, 15) is 16.8 Å². The standard InChI is InChI=1S/C9H12INO6S2/c1-18(12,13)16-5-8-3-7(10)4-9(11-8)6-17-19(2,14)15/h3-4H,5-6H2,1-2H3. The van der Waals surface area contributed by atoms with E-state index in [4.69, 9.17) is 0 Å². The van der Waals surface area contributed by atoms with Gasteiger partial charge in [-0.25, -0.2) is 0 Å². The molecule has 1 aromatic rings. The van der Waals surface area contributed by atoms with E-state index >= 15 is 0 Å². The lowest BCUT2D eigenvalue weighted by molar-refractivity contribution is 0.297. The average molecular weight is 421 g/mol. The summed E-state index contributed by atoms with van der Waals surface area (Å²) in [5, 5.41) is 0. The summed E-state index contributed by atoms with van der Waals surface area (Å²) in [5.74, 6) is 0. The van der Waals surface area contributed by atoms with Crippen LogP contribution in [0.5, 0.6) is 0 Å². The first-order valence-electron chi connectivity index (χ1n) is 4.89. The normalized spacial score (nSPS) is 12.6. The highest BCUT2D eigenvalue weighted by molar-refractivity contribution is 14.1. The van der Waals surface area contributed by atoms with Crippen LogP contribution < -0.4 is 0 Å². The van der Waals surface area contributed by atoms with Crippen molar-refractivity contribution in [3.63, 3.8) is 0 Å². The Bertz CT molecular complexity index is 601. The highest BCUT2D eigenvalue weighted by atomic mass is 127. The van der Waals surface area contributed by atoms with Gasteiger partial charge in [-0.1, -0.05) is 0 Å². The molecule has 0 radical (unpaired) electrons. The van der Waals surface area contributed by atoms with Crippen molar-refractivity contribution >= 4 is 42.8 Å². The van der Waals surface area contributed by atoms with Gasteiger partial charge in [0.05, 0.1) is 23.9 Å². The molecular weight excluding hydrogens is 409 g/mol. The number of nitrogens with zero attached hydrogens (tertiary/aromatic N) is 1. The molecule has 0 fully saturated rings. The number of pyridine rings is 1. The van der Waals surface area contributed by atoms with Crippen LogP contribution in [0.1, 0.15) is 11.4 Å². The van der Waals surface area contributed by atoms with Gasteiger partial charge in [0.15, 0.2) is 0 Å². The molecule has 0 aliphatic carbocycles. The van der Waals surface area contributed by atoms with Crippen molar-refractivity contribution in [3.8, 4) is 0 Å². The maximum Gasteiger partial charge on any atom is 0.264 e. The van der Waals surface area contributed by atoms with Gasteiger partial charge in [0.2, 0.25) is 0 Å². The van der Waals surface area contributed by atoms with Crippen molar-refractivity contribution in [1.82, 2.24) is 4.98 Å². The van der Waals surface area contributed by atoms with E-state index in [1.165, 1.54) is 0 Å². The quantitative estimate of drug-likeness (QED) is 0.491. The molecule has 0 amide bonds. The molecule has 0 aliphatic rings. The van der Waals surface area contributed by atoms with Crippen LogP contribution in [0.25, 0.3) is 0 Å². The Morgan fingerprint density at radius 2 is 1.37 bits per heavy atom. The predicted octanol–water partition coefficient (Wildman–Crippen LogP) is 0.639. The van der Waals surface area contributed by atoms with Crippen LogP contribution in [0.15, 0.2) is 12.1 Å². The second-order valence-corrected chi connectivity index (χ2v) is 8.23. The average Bonchev–Trinajstić information content (AvgIpc) is 2.21. The second-order valence-electron chi connectivity index (χ2n) is 3.70. The smallest absolute Gasteiger partial charge is 0.264 e. The molecule has 0 saturated heterocycles. The van der Waals surface area contributed by atoms with Crippen molar-refractivity contribution < 1.29 is 25.2 Å². The van der Waals surface area contributed by atoms with Crippen LogP contribution in [0.3, 0.4) is 0 Å². The largest absolute Gasteiger partial charge is 0.264 e. The van der Waals surface area contributed by atoms with E-state index in [0.29, 0.717) is 11.4 Å². The molecule has 108 valence electrons. The van der Waals surface area contributed by atoms with Crippen LogP contribution in [-0.4, -0.2) is 34.3 Å². The van der Waals surface area contributed by atoms with Crippen LogP contribution in [0, 0.1) is 3.57 Å². The molecule has 1 heterocycles. The molecule has 0 N–H and O–H groups in total. The van der Waals surface area contributed by atoms with Crippen molar-refractivity contribution in [2.75, 3.05) is 12.5 Å². The molecule has 0 aliphatic heterocycles. The Kier molecular flexibility index (Phi) is 5.67. The zero-order valence-electron chi connectivity index (χ0n) is 10.2. The van der Waals surface area contributed by atoms with Gasteiger partial charge in [-0.15, -0.1) is 0 Å². The summed E-state index contributed by atoms with van der Waals surface area (Å²) in [6.45, 7) is -0.414.